The van der Waals surface area contributed by atoms with Gasteiger partial charge in [0.25, 0.3) is 5.91 Å². The first-order chi connectivity index (χ1) is 18.8. The zero-order valence-corrected chi connectivity index (χ0v) is 21.1. The van der Waals surface area contributed by atoms with Gasteiger partial charge in [-0.25, -0.2) is 9.37 Å². The molecule has 1 aliphatic rings. The predicted octanol–water partition coefficient (Wildman–Crippen LogP) is 4.29. The van der Waals surface area contributed by atoms with E-state index in [1.165, 1.54) is 38.4 Å². The molecule has 10 nitrogen and oxygen atoms in total. The summed E-state index contributed by atoms with van der Waals surface area (Å²) in [6.07, 6.45) is 2.38. The zero-order valence-electron chi connectivity index (χ0n) is 21.1. The van der Waals surface area contributed by atoms with Crippen LogP contribution in [0.4, 0.5) is 15.8 Å². The van der Waals surface area contributed by atoms with Gasteiger partial charge in [-0.05, 0) is 61.4 Å². The molecule has 5 rings (SSSR count). The fourth-order valence-corrected chi connectivity index (χ4v) is 4.00. The summed E-state index contributed by atoms with van der Waals surface area (Å²) in [6, 6.07) is 15.2. The van der Waals surface area contributed by atoms with Crippen LogP contribution in [0.5, 0.6) is 17.2 Å². The van der Waals surface area contributed by atoms with Crippen molar-refractivity contribution in [2.24, 2.45) is 5.41 Å². The van der Waals surface area contributed by atoms with Crippen molar-refractivity contribution in [3.8, 4) is 17.2 Å². The zero-order chi connectivity index (χ0) is 27.6. The first kappa shape index (κ1) is 25.6. The SMILES string of the molecule is CNC(=O)c1nc2c(Oc3ccc(NC(=O)C4(C(=O)Nc5ccc(F)cc5)CC4)cc3)ccnc2cc1OC. The molecule has 3 amide bonds. The number of amides is 3. The number of nitrogens with one attached hydrogen (secondary N) is 3. The van der Waals surface area contributed by atoms with Gasteiger partial charge in [0.05, 0.1) is 12.6 Å². The van der Waals surface area contributed by atoms with Crippen LogP contribution in [0.2, 0.25) is 0 Å². The number of rotatable bonds is 8. The molecule has 198 valence electrons. The van der Waals surface area contributed by atoms with Crippen molar-refractivity contribution in [1.29, 1.82) is 0 Å². The molecule has 2 aromatic carbocycles. The van der Waals surface area contributed by atoms with Crippen LogP contribution in [0.1, 0.15) is 23.3 Å². The van der Waals surface area contributed by atoms with Gasteiger partial charge in [-0.2, -0.15) is 0 Å². The van der Waals surface area contributed by atoms with Crippen LogP contribution in [-0.4, -0.2) is 41.8 Å². The maximum absolute atomic E-state index is 13.1. The minimum atomic E-state index is -1.17. The lowest BCUT2D eigenvalue weighted by Crippen LogP contribution is -2.35. The fourth-order valence-electron chi connectivity index (χ4n) is 4.00. The Hall–Kier alpha value is -5.06. The number of carbonyl (C=O) groups excluding carboxylic acids is 3. The van der Waals surface area contributed by atoms with Crippen molar-refractivity contribution in [2.45, 2.75) is 12.8 Å². The van der Waals surface area contributed by atoms with Crippen LogP contribution in [0.3, 0.4) is 0 Å². The molecule has 11 heteroatoms. The van der Waals surface area contributed by atoms with Gasteiger partial charge in [-0.1, -0.05) is 0 Å². The van der Waals surface area contributed by atoms with Gasteiger partial charge < -0.3 is 25.4 Å². The van der Waals surface area contributed by atoms with Gasteiger partial charge in [0.2, 0.25) is 11.8 Å². The number of hydrogen-bond acceptors (Lipinski definition) is 7. The van der Waals surface area contributed by atoms with E-state index in [2.05, 4.69) is 25.9 Å². The Morgan fingerprint density at radius 2 is 1.51 bits per heavy atom. The summed E-state index contributed by atoms with van der Waals surface area (Å²) in [5.41, 5.74) is 0.681. The molecule has 0 atom stereocenters. The summed E-state index contributed by atoms with van der Waals surface area (Å²) in [5, 5.41) is 8.00. The Balaban J connectivity index is 1.29. The molecule has 3 N–H and O–H groups in total. The molecular formula is C28H24FN5O5. The van der Waals surface area contributed by atoms with E-state index in [0.29, 0.717) is 46.7 Å². The van der Waals surface area contributed by atoms with Crippen molar-refractivity contribution in [1.82, 2.24) is 15.3 Å². The van der Waals surface area contributed by atoms with Crippen LogP contribution < -0.4 is 25.4 Å². The molecule has 0 unspecified atom stereocenters. The standard InChI is InChI=1S/C28H24FN5O5/c1-30-25(35)24-22(38-2)15-20-23(34-24)21(11-14-31-20)39-19-9-7-18(8-10-19)33-27(37)28(12-13-28)26(36)32-17-5-3-16(29)4-6-17/h3-11,14-15H,12-13H2,1-2H3,(H,30,35)(H,32,36)(H,33,37). The van der Waals surface area contributed by atoms with E-state index in [9.17, 15) is 18.8 Å². The number of benzene rings is 2. The van der Waals surface area contributed by atoms with E-state index in [1.54, 1.807) is 42.6 Å². The Labute approximate surface area is 222 Å². The molecule has 0 radical (unpaired) electrons. The molecule has 39 heavy (non-hydrogen) atoms. The highest BCUT2D eigenvalue weighted by Crippen LogP contribution is 2.47. The summed E-state index contributed by atoms with van der Waals surface area (Å²) in [5.74, 6) is -0.572. The maximum Gasteiger partial charge on any atom is 0.273 e. The van der Waals surface area contributed by atoms with E-state index in [-0.39, 0.29) is 11.4 Å². The third-order valence-corrected chi connectivity index (χ3v) is 6.36. The van der Waals surface area contributed by atoms with Crippen molar-refractivity contribution < 1.29 is 28.2 Å². The quantitative estimate of drug-likeness (QED) is 0.290. The lowest BCUT2D eigenvalue weighted by Gasteiger charge is -2.16. The molecule has 1 aliphatic carbocycles. The van der Waals surface area contributed by atoms with Gasteiger partial charge in [0.1, 0.15) is 22.5 Å². The van der Waals surface area contributed by atoms with Gasteiger partial charge in [0.15, 0.2) is 17.2 Å². The molecule has 4 aromatic rings. The highest BCUT2D eigenvalue weighted by Gasteiger charge is 2.56. The van der Waals surface area contributed by atoms with Crippen LogP contribution in [0.15, 0.2) is 66.9 Å². The van der Waals surface area contributed by atoms with Crippen molar-refractivity contribution >= 4 is 40.1 Å². The Bertz CT molecular complexity index is 1570. The highest BCUT2D eigenvalue weighted by molar-refractivity contribution is 6.16. The Morgan fingerprint density at radius 1 is 0.897 bits per heavy atom. The van der Waals surface area contributed by atoms with E-state index in [0.717, 1.165) is 0 Å². The molecule has 1 fully saturated rings. The largest absolute Gasteiger partial charge is 0.494 e. The van der Waals surface area contributed by atoms with Gasteiger partial charge in [0, 0.05) is 36.8 Å². The summed E-state index contributed by atoms with van der Waals surface area (Å²) in [7, 11) is 2.94. The Morgan fingerprint density at radius 3 is 2.08 bits per heavy atom. The summed E-state index contributed by atoms with van der Waals surface area (Å²) < 4.78 is 24.4. The van der Waals surface area contributed by atoms with Crippen LogP contribution in [-0.2, 0) is 9.59 Å². The minimum Gasteiger partial charge on any atom is -0.494 e. The molecule has 0 spiro atoms. The second kappa shape index (κ2) is 10.4. The summed E-state index contributed by atoms with van der Waals surface area (Å²) in [6.45, 7) is 0. The average Bonchev–Trinajstić information content (AvgIpc) is 3.77. The number of methoxy groups -OCH3 is 1. The lowest BCUT2D eigenvalue weighted by atomic mass is 10.0. The molecule has 1 saturated carbocycles. The van der Waals surface area contributed by atoms with E-state index >= 15 is 0 Å². The molecule has 2 aromatic heterocycles. The molecule has 0 bridgehead atoms. The number of pyridine rings is 2. The minimum absolute atomic E-state index is 0.0980. The van der Waals surface area contributed by atoms with Crippen molar-refractivity contribution in [3.63, 3.8) is 0 Å². The predicted molar refractivity (Wildman–Crippen MR) is 141 cm³/mol. The fraction of sp³-hybridized carbons (Fsp3) is 0.179. The summed E-state index contributed by atoms with van der Waals surface area (Å²) in [4.78, 5) is 46.7. The third kappa shape index (κ3) is 5.19. The first-order valence-corrected chi connectivity index (χ1v) is 12.1. The van der Waals surface area contributed by atoms with Gasteiger partial charge in [-0.3, -0.25) is 19.4 Å². The second-order valence-corrected chi connectivity index (χ2v) is 8.92. The lowest BCUT2D eigenvalue weighted by molar-refractivity contribution is -0.131. The van der Waals surface area contributed by atoms with E-state index < -0.39 is 29.0 Å². The van der Waals surface area contributed by atoms with Crippen molar-refractivity contribution in [2.75, 3.05) is 24.8 Å². The van der Waals surface area contributed by atoms with E-state index in [4.69, 9.17) is 9.47 Å². The monoisotopic (exact) mass is 529 g/mol. The second-order valence-electron chi connectivity index (χ2n) is 8.92. The van der Waals surface area contributed by atoms with Gasteiger partial charge in [-0.15, -0.1) is 0 Å². The number of carbonyl (C=O) groups is 3. The number of halogens is 1. The van der Waals surface area contributed by atoms with Gasteiger partial charge >= 0.3 is 0 Å². The number of hydrogen-bond donors (Lipinski definition) is 3. The van der Waals surface area contributed by atoms with Crippen molar-refractivity contribution in [3.05, 3.63) is 78.4 Å². The van der Waals surface area contributed by atoms with Crippen LogP contribution in [0, 0.1) is 11.2 Å². The topological polar surface area (TPSA) is 132 Å². The Kier molecular flexibility index (Phi) is 6.80. The van der Waals surface area contributed by atoms with E-state index in [1.807, 2.05) is 0 Å². The molecule has 0 saturated heterocycles. The smallest absolute Gasteiger partial charge is 0.273 e. The number of ether oxygens (including phenoxy) is 2. The third-order valence-electron chi connectivity index (χ3n) is 6.36. The number of nitrogens with zero attached hydrogens (tertiary/aromatic N) is 2. The number of fused-ring (bicyclic) bond motifs is 1. The molecule has 0 aliphatic heterocycles. The van der Waals surface area contributed by atoms with Crippen LogP contribution >= 0.6 is 0 Å². The number of anilines is 2. The summed E-state index contributed by atoms with van der Waals surface area (Å²) >= 11 is 0. The normalized spacial score (nSPS) is 13.3. The molecule has 2 heterocycles. The number of aromatic nitrogens is 2. The molecular weight excluding hydrogens is 505 g/mol. The van der Waals surface area contributed by atoms with Crippen LogP contribution in [0.25, 0.3) is 11.0 Å². The highest BCUT2D eigenvalue weighted by atomic mass is 19.1. The first-order valence-electron chi connectivity index (χ1n) is 12.1. The maximum atomic E-state index is 13.1. The average molecular weight is 530 g/mol.